The van der Waals surface area contributed by atoms with E-state index < -0.39 is 9.84 Å². The van der Waals surface area contributed by atoms with Crippen molar-refractivity contribution in [3.8, 4) is 22.5 Å². The molecular weight excluding hydrogens is 398 g/mol. The van der Waals surface area contributed by atoms with E-state index in [4.69, 9.17) is 0 Å². The van der Waals surface area contributed by atoms with E-state index >= 15 is 0 Å². The van der Waals surface area contributed by atoms with Gasteiger partial charge >= 0.3 is 0 Å². The SMILES string of the molecule is O=S(=O)(c1ccccc1)c1ccc(-c2c(-c3ccccc3)nn3ccncc23)nn1. The maximum atomic E-state index is 12.8. The lowest BCUT2D eigenvalue weighted by atomic mass is 10.0. The van der Waals surface area contributed by atoms with Gasteiger partial charge in [-0.15, -0.1) is 10.2 Å². The first-order valence-corrected chi connectivity index (χ1v) is 10.6. The van der Waals surface area contributed by atoms with Crippen molar-refractivity contribution in [1.82, 2.24) is 24.8 Å². The Morgan fingerprint density at radius 1 is 0.800 bits per heavy atom. The zero-order valence-electron chi connectivity index (χ0n) is 15.6. The molecule has 0 saturated carbocycles. The summed E-state index contributed by atoms with van der Waals surface area (Å²) in [6.07, 6.45) is 5.11. The summed E-state index contributed by atoms with van der Waals surface area (Å²) in [5.41, 5.74) is 3.65. The standard InChI is InChI=1S/C22H15N5O2S/c28-30(29,17-9-5-2-6-10-17)20-12-11-18(24-25-20)21-19-15-23-13-14-27(19)26-22(21)16-7-3-1-4-8-16/h1-15H. The lowest BCUT2D eigenvalue weighted by Crippen LogP contribution is -2.05. The van der Waals surface area contributed by atoms with Gasteiger partial charge in [-0.05, 0) is 24.3 Å². The molecule has 7 nitrogen and oxygen atoms in total. The first-order valence-electron chi connectivity index (χ1n) is 9.16. The minimum Gasteiger partial charge on any atom is -0.261 e. The van der Waals surface area contributed by atoms with Crippen LogP contribution in [0.5, 0.6) is 0 Å². The zero-order chi connectivity index (χ0) is 20.6. The molecule has 0 aliphatic rings. The highest BCUT2D eigenvalue weighted by Crippen LogP contribution is 2.33. The van der Waals surface area contributed by atoms with Crippen LogP contribution in [-0.2, 0) is 9.84 Å². The molecule has 146 valence electrons. The van der Waals surface area contributed by atoms with Crippen LogP contribution in [0.2, 0.25) is 0 Å². The van der Waals surface area contributed by atoms with Crippen LogP contribution in [0.1, 0.15) is 0 Å². The molecule has 0 aliphatic carbocycles. The summed E-state index contributed by atoms with van der Waals surface area (Å²) in [7, 11) is -3.74. The smallest absolute Gasteiger partial charge is 0.225 e. The fraction of sp³-hybridized carbons (Fsp3) is 0. The summed E-state index contributed by atoms with van der Waals surface area (Å²) in [5.74, 6) is 0. The number of nitrogens with zero attached hydrogens (tertiary/aromatic N) is 5. The van der Waals surface area contributed by atoms with Crippen LogP contribution in [0.3, 0.4) is 0 Å². The van der Waals surface area contributed by atoms with Crippen molar-refractivity contribution in [2.75, 3.05) is 0 Å². The molecule has 5 rings (SSSR count). The van der Waals surface area contributed by atoms with Crippen molar-refractivity contribution in [3.05, 3.63) is 91.4 Å². The molecule has 5 aromatic rings. The average Bonchev–Trinajstić information content (AvgIpc) is 3.20. The van der Waals surface area contributed by atoms with E-state index in [0.29, 0.717) is 5.69 Å². The van der Waals surface area contributed by atoms with Gasteiger partial charge in [0.05, 0.1) is 27.9 Å². The number of hydrogen-bond acceptors (Lipinski definition) is 6. The Balaban J connectivity index is 1.65. The summed E-state index contributed by atoms with van der Waals surface area (Å²) in [6, 6.07) is 21.0. The van der Waals surface area contributed by atoms with Crippen molar-refractivity contribution in [2.24, 2.45) is 0 Å². The predicted molar refractivity (Wildman–Crippen MR) is 111 cm³/mol. The Morgan fingerprint density at radius 3 is 2.23 bits per heavy atom. The Kier molecular flexibility index (Phi) is 4.33. The molecule has 0 unspecified atom stereocenters. The molecule has 0 saturated heterocycles. The molecule has 2 aromatic carbocycles. The molecule has 3 heterocycles. The Morgan fingerprint density at radius 2 is 1.53 bits per heavy atom. The summed E-state index contributed by atoms with van der Waals surface area (Å²) in [4.78, 5) is 4.38. The van der Waals surface area contributed by atoms with Crippen LogP contribution >= 0.6 is 0 Å². The second-order valence-corrected chi connectivity index (χ2v) is 8.47. The predicted octanol–water partition coefficient (Wildman–Crippen LogP) is 3.69. The third-order valence-corrected chi connectivity index (χ3v) is 6.37. The number of fused-ring (bicyclic) bond motifs is 1. The summed E-state index contributed by atoms with van der Waals surface area (Å²) >= 11 is 0. The lowest BCUT2D eigenvalue weighted by Gasteiger charge is -2.05. The minimum absolute atomic E-state index is 0.103. The number of hydrogen-bond donors (Lipinski definition) is 0. The second kappa shape index (κ2) is 7.16. The fourth-order valence-electron chi connectivity index (χ4n) is 3.27. The molecular formula is C22H15N5O2S. The molecule has 0 amide bonds. The van der Waals surface area contributed by atoms with E-state index in [1.165, 1.54) is 18.2 Å². The Hall–Kier alpha value is -3.91. The highest BCUT2D eigenvalue weighted by atomic mass is 32.2. The fourth-order valence-corrected chi connectivity index (χ4v) is 4.42. The van der Waals surface area contributed by atoms with Gasteiger partial charge < -0.3 is 0 Å². The first kappa shape index (κ1) is 18.1. The minimum atomic E-state index is -3.74. The van der Waals surface area contributed by atoms with Gasteiger partial charge in [-0.3, -0.25) is 4.98 Å². The number of rotatable bonds is 4. The molecule has 0 aliphatic heterocycles. The van der Waals surface area contributed by atoms with Crippen LogP contribution in [0.15, 0.2) is 101 Å². The molecule has 0 radical (unpaired) electrons. The zero-order valence-corrected chi connectivity index (χ0v) is 16.4. The van der Waals surface area contributed by atoms with Gasteiger partial charge in [0.15, 0.2) is 5.03 Å². The molecule has 0 bridgehead atoms. The van der Waals surface area contributed by atoms with E-state index in [1.807, 2.05) is 30.3 Å². The van der Waals surface area contributed by atoms with Gasteiger partial charge in [-0.2, -0.15) is 5.10 Å². The van der Waals surface area contributed by atoms with Crippen LogP contribution in [0, 0.1) is 0 Å². The van der Waals surface area contributed by atoms with Crippen molar-refractivity contribution < 1.29 is 8.42 Å². The van der Waals surface area contributed by atoms with E-state index in [9.17, 15) is 8.42 Å². The number of benzene rings is 2. The third kappa shape index (κ3) is 3.03. The van der Waals surface area contributed by atoms with E-state index in [1.54, 1.807) is 47.4 Å². The van der Waals surface area contributed by atoms with Gasteiger partial charge in [0, 0.05) is 18.0 Å². The Labute approximate surface area is 172 Å². The highest BCUT2D eigenvalue weighted by Gasteiger charge is 2.22. The maximum absolute atomic E-state index is 12.8. The van der Waals surface area contributed by atoms with E-state index in [-0.39, 0.29) is 9.92 Å². The van der Waals surface area contributed by atoms with Crippen LogP contribution < -0.4 is 0 Å². The lowest BCUT2D eigenvalue weighted by molar-refractivity contribution is 0.590. The monoisotopic (exact) mass is 413 g/mol. The summed E-state index contributed by atoms with van der Waals surface area (Å²) in [6.45, 7) is 0. The van der Waals surface area contributed by atoms with Crippen LogP contribution in [0.25, 0.3) is 28.0 Å². The van der Waals surface area contributed by atoms with E-state index in [0.717, 1.165) is 22.3 Å². The molecule has 0 N–H and O–H groups in total. The first-order chi connectivity index (χ1) is 14.6. The molecule has 0 atom stereocenters. The highest BCUT2D eigenvalue weighted by molar-refractivity contribution is 7.91. The third-order valence-electron chi connectivity index (χ3n) is 4.71. The molecule has 0 fully saturated rings. The van der Waals surface area contributed by atoms with Crippen molar-refractivity contribution >= 4 is 15.4 Å². The molecule has 3 aromatic heterocycles. The largest absolute Gasteiger partial charge is 0.261 e. The summed E-state index contributed by atoms with van der Waals surface area (Å²) in [5, 5.41) is 12.8. The number of aromatic nitrogens is 5. The van der Waals surface area contributed by atoms with Crippen molar-refractivity contribution in [2.45, 2.75) is 9.92 Å². The molecule has 8 heteroatoms. The molecule has 0 spiro atoms. The van der Waals surface area contributed by atoms with E-state index in [2.05, 4.69) is 20.3 Å². The van der Waals surface area contributed by atoms with Crippen molar-refractivity contribution in [3.63, 3.8) is 0 Å². The summed E-state index contributed by atoms with van der Waals surface area (Å²) < 4.78 is 27.3. The van der Waals surface area contributed by atoms with Gasteiger partial charge in [-0.1, -0.05) is 48.5 Å². The maximum Gasteiger partial charge on any atom is 0.225 e. The quantitative estimate of drug-likeness (QED) is 0.446. The number of sulfone groups is 1. The normalized spacial score (nSPS) is 11.6. The van der Waals surface area contributed by atoms with Gasteiger partial charge in [0.2, 0.25) is 9.84 Å². The van der Waals surface area contributed by atoms with Crippen molar-refractivity contribution in [1.29, 1.82) is 0 Å². The Bertz CT molecular complexity index is 1430. The van der Waals surface area contributed by atoms with Gasteiger partial charge in [-0.25, -0.2) is 12.9 Å². The van der Waals surface area contributed by atoms with Crippen LogP contribution in [0.4, 0.5) is 0 Å². The van der Waals surface area contributed by atoms with Gasteiger partial charge in [0.25, 0.3) is 0 Å². The van der Waals surface area contributed by atoms with Crippen LogP contribution in [-0.4, -0.2) is 33.2 Å². The van der Waals surface area contributed by atoms with Gasteiger partial charge in [0.1, 0.15) is 5.69 Å². The second-order valence-electron chi connectivity index (χ2n) is 6.57. The molecule has 30 heavy (non-hydrogen) atoms. The topological polar surface area (TPSA) is 90.1 Å². The average molecular weight is 413 g/mol.